The minimum atomic E-state index is -0.00205. The zero-order valence-electron chi connectivity index (χ0n) is 13.1. The van der Waals surface area contributed by atoms with Crippen molar-refractivity contribution in [2.24, 2.45) is 0 Å². The van der Waals surface area contributed by atoms with Crippen molar-refractivity contribution in [2.75, 3.05) is 25.7 Å². The third kappa shape index (κ3) is 3.31. The van der Waals surface area contributed by atoms with E-state index in [2.05, 4.69) is 16.9 Å². The first-order chi connectivity index (χ1) is 10.7. The first kappa shape index (κ1) is 15.4. The lowest BCUT2D eigenvalue weighted by atomic mass is 10.1. The van der Waals surface area contributed by atoms with Crippen LogP contribution in [0.15, 0.2) is 29.1 Å². The SMILES string of the molecule is COc1ccc2cc(CN(C)C3CCSCC3)c(=O)[nH]c2c1. The van der Waals surface area contributed by atoms with E-state index in [0.717, 1.165) is 22.2 Å². The Morgan fingerprint density at radius 3 is 2.82 bits per heavy atom. The Balaban J connectivity index is 1.84. The van der Waals surface area contributed by atoms with Crippen molar-refractivity contribution in [2.45, 2.75) is 25.4 Å². The van der Waals surface area contributed by atoms with Gasteiger partial charge in [-0.1, -0.05) is 0 Å². The van der Waals surface area contributed by atoms with E-state index in [-0.39, 0.29) is 5.56 Å². The van der Waals surface area contributed by atoms with Gasteiger partial charge in [-0.25, -0.2) is 0 Å². The number of pyridine rings is 1. The van der Waals surface area contributed by atoms with Crippen LogP contribution < -0.4 is 10.3 Å². The van der Waals surface area contributed by atoms with Gasteiger partial charge in [-0.3, -0.25) is 9.69 Å². The van der Waals surface area contributed by atoms with Gasteiger partial charge in [0.2, 0.25) is 0 Å². The summed E-state index contributed by atoms with van der Waals surface area (Å²) < 4.78 is 5.20. The average molecular weight is 318 g/mol. The molecule has 1 aromatic heterocycles. The van der Waals surface area contributed by atoms with Gasteiger partial charge in [0.05, 0.1) is 12.6 Å². The molecule has 22 heavy (non-hydrogen) atoms. The van der Waals surface area contributed by atoms with Crippen molar-refractivity contribution < 1.29 is 4.74 Å². The standard InChI is InChI=1S/C17H22N2O2S/c1-19(14-5-7-22-8-6-14)11-13-9-12-3-4-15(21-2)10-16(12)18-17(13)20/h3-4,9-10,14H,5-8,11H2,1-2H3,(H,18,20). The van der Waals surface area contributed by atoms with Gasteiger partial charge in [0.25, 0.3) is 5.56 Å². The maximum Gasteiger partial charge on any atom is 0.252 e. The Morgan fingerprint density at radius 1 is 1.32 bits per heavy atom. The molecule has 1 aromatic carbocycles. The minimum absolute atomic E-state index is 0.00205. The Bertz CT molecular complexity index is 707. The molecule has 1 N–H and O–H groups in total. The second-order valence-electron chi connectivity index (χ2n) is 5.84. The molecule has 2 heterocycles. The number of thioether (sulfide) groups is 1. The van der Waals surface area contributed by atoms with Crippen molar-refractivity contribution in [3.63, 3.8) is 0 Å². The summed E-state index contributed by atoms with van der Waals surface area (Å²) in [5, 5.41) is 1.04. The molecule has 2 aromatic rings. The highest BCUT2D eigenvalue weighted by Gasteiger charge is 2.19. The van der Waals surface area contributed by atoms with Gasteiger partial charge in [-0.05, 0) is 55.0 Å². The van der Waals surface area contributed by atoms with Gasteiger partial charge in [-0.2, -0.15) is 11.8 Å². The molecule has 1 saturated heterocycles. The summed E-state index contributed by atoms with van der Waals surface area (Å²) in [6.45, 7) is 0.701. The topological polar surface area (TPSA) is 45.3 Å². The van der Waals surface area contributed by atoms with E-state index in [4.69, 9.17) is 4.74 Å². The van der Waals surface area contributed by atoms with Gasteiger partial charge < -0.3 is 9.72 Å². The third-order valence-electron chi connectivity index (χ3n) is 4.36. The van der Waals surface area contributed by atoms with E-state index >= 15 is 0 Å². The van der Waals surface area contributed by atoms with Crippen LogP contribution in [0.2, 0.25) is 0 Å². The molecular weight excluding hydrogens is 296 g/mol. The number of benzene rings is 1. The van der Waals surface area contributed by atoms with Gasteiger partial charge in [-0.15, -0.1) is 0 Å². The molecule has 4 nitrogen and oxygen atoms in total. The summed E-state index contributed by atoms with van der Waals surface area (Å²) in [6, 6.07) is 8.37. The zero-order valence-corrected chi connectivity index (χ0v) is 13.9. The second kappa shape index (κ2) is 6.75. The highest BCUT2D eigenvalue weighted by atomic mass is 32.2. The number of hydrogen-bond donors (Lipinski definition) is 1. The molecule has 0 amide bonds. The molecule has 0 bridgehead atoms. The van der Waals surface area contributed by atoms with E-state index in [1.54, 1.807) is 7.11 Å². The molecule has 0 saturated carbocycles. The van der Waals surface area contributed by atoms with E-state index < -0.39 is 0 Å². The van der Waals surface area contributed by atoms with Gasteiger partial charge in [0.1, 0.15) is 5.75 Å². The number of nitrogens with zero attached hydrogens (tertiary/aromatic N) is 1. The molecule has 0 spiro atoms. The lowest BCUT2D eigenvalue weighted by Crippen LogP contribution is -2.35. The van der Waals surface area contributed by atoms with Crippen molar-refractivity contribution in [3.05, 3.63) is 40.2 Å². The summed E-state index contributed by atoms with van der Waals surface area (Å²) in [6.07, 6.45) is 2.42. The molecule has 1 aliphatic rings. The zero-order chi connectivity index (χ0) is 15.5. The molecule has 0 aliphatic carbocycles. The fourth-order valence-electron chi connectivity index (χ4n) is 2.99. The van der Waals surface area contributed by atoms with Crippen molar-refractivity contribution in [1.29, 1.82) is 0 Å². The summed E-state index contributed by atoms with van der Waals surface area (Å²) >= 11 is 2.02. The van der Waals surface area contributed by atoms with Gasteiger partial charge >= 0.3 is 0 Å². The fraction of sp³-hybridized carbons (Fsp3) is 0.471. The van der Waals surface area contributed by atoms with Gasteiger partial charge in [0, 0.05) is 24.2 Å². The number of fused-ring (bicyclic) bond motifs is 1. The quantitative estimate of drug-likeness (QED) is 0.941. The molecular formula is C17H22N2O2S. The second-order valence-corrected chi connectivity index (χ2v) is 7.06. The van der Waals surface area contributed by atoms with Crippen LogP contribution in [0.1, 0.15) is 18.4 Å². The summed E-state index contributed by atoms with van der Waals surface area (Å²) in [4.78, 5) is 17.6. The lowest BCUT2D eigenvalue weighted by molar-refractivity contribution is 0.220. The number of ether oxygens (including phenoxy) is 1. The molecule has 0 atom stereocenters. The number of hydrogen-bond acceptors (Lipinski definition) is 4. The van der Waals surface area contributed by atoms with Crippen LogP contribution in [0.3, 0.4) is 0 Å². The molecule has 3 rings (SSSR count). The predicted molar refractivity (Wildman–Crippen MR) is 92.9 cm³/mol. The van der Waals surface area contributed by atoms with Crippen LogP contribution in [-0.4, -0.2) is 41.6 Å². The molecule has 118 valence electrons. The predicted octanol–water partition coefficient (Wildman–Crippen LogP) is 2.86. The molecule has 1 fully saturated rings. The summed E-state index contributed by atoms with van der Waals surface area (Å²) in [5.41, 5.74) is 1.65. The van der Waals surface area contributed by atoms with Crippen LogP contribution in [-0.2, 0) is 6.54 Å². The van der Waals surface area contributed by atoms with E-state index in [0.29, 0.717) is 12.6 Å². The number of rotatable bonds is 4. The van der Waals surface area contributed by atoms with Crippen molar-refractivity contribution in [3.8, 4) is 5.75 Å². The van der Waals surface area contributed by atoms with Crippen LogP contribution in [0.4, 0.5) is 0 Å². The largest absolute Gasteiger partial charge is 0.497 e. The Labute approximate surface area is 134 Å². The van der Waals surface area contributed by atoms with Crippen LogP contribution in [0.25, 0.3) is 10.9 Å². The maximum absolute atomic E-state index is 12.3. The number of H-pyrrole nitrogens is 1. The Kier molecular flexibility index (Phi) is 4.74. The molecule has 0 unspecified atom stereocenters. The van der Waals surface area contributed by atoms with Crippen LogP contribution in [0.5, 0.6) is 5.75 Å². The van der Waals surface area contributed by atoms with Crippen LogP contribution in [0, 0.1) is 0 Å². The number of aromatic amines is 1. The molecule has 1 aliphatic heterocycles. The highest BCUT2D eigenvalue weighted by Crippen LogP contribution is 2.23. The number of nitrogens with one attached hydrogen (secondary N) is 1. The van der Waals surface area contributed by atoms with Crippen molar-refractivity contribution >= 4 is 22.7 Å². The highest BCUT2D eigenvalue weighted by molar-refractivity contribution is 7.99. The first-order valence-electron chi connectivity index (χ1n) is 7.65. The summed E-state index contributed by atoms with van der Waals surface area (Å²) in [5.74, 6) is 3.21. The summed E-state index contributed by atoms with van der Waals surface area (Å²) in [7, 11) is 3.75. The fourth-order valence-corrected chi connectivity index (χ4v) is 4.08. The Hall–Kier alpha value is -1.46. The number of aromatic nitrogens is 1. The van der Waals surface area contributed by atoms with E-state index in [9.17, 15) is 4.79 Å². The average Bonchev–Trinajstić information content (AvgIpc) is 2.56. The Morgan fingerprint density at radius 2 is 2.09 bits per heavy atom. The molecule has 0 radical (unpaired) electrons. The van der Waals surface area contributed by atoms with Crippen LogP contribution >= 0.6 is 11.8 Å². The number of methoxy groups -OCH3 is 1. The third-order valence-corrected chi connectivity index (χ3v) is 5.41. The van der Waals surface area contributed by atoms with Crippen molar-refractivity contribution in [1.82, 2.24) is 9.88 Å². The maximum atomic E-state index is 12.3. The van der Waals surface area contributed by atoms with Gasteiger partial charge in [0.15, 0.2) is 0 Å². The lowest BCUT2D eigenvalue weighted by Gasteiger charge is -2.30. The van der Waals surface area contributed by atoms with E-state index in [1.165, 1.54) is 24.3 Å². The minimum Gasteiger partial charge on any atom is -0.497 e. The molecule has 5 heteroatoms. The smallest absolute Gasteiger partial charge is 0.252 e. The normalized spacial score (nSPS) is 16.3. The first-order valence-corrected chi connectivity index (χ1v) is 8.81. The van der Waals surface area contributed by atoms with E-state index in [1.807, 2.05) is 36.0 Å². The monoisotopic (exact) mass is 318 g/mol.